The Morgan fingerprint density at radius 1 is 1.21 bits per heavy atom. The van der Waals surface area contributed by atoms with Crippen LogP contribution < -0.4 is 14.8 Å². The maximum absolute atomic E-state index is 12.4. The Morgan fingerprint density at radius 2 is 1.92 bits per heavy atom. The Morgan fingerprint density at radius 3 is 2.62 bits per heavy atom. The Balaban J connectivity index is 1.85. The van der Waals surface area contributed by atoms with Crippen LogP contribution in [-0.4, -0.2) is 24.0 Å². The number of ether oxygens (including phenoxy) is 2. The van der Waals surface area contributed by atoms with E-state index in [4.69, 9.17) is 21.1 Å². The highest BCUT2D eigenvalue weighted by atomic mass is 35.5. The highest BCUT2D eigenvalue weighted by Gasteiger charge is 2.18. The van der Waals surface area contributed by atoms with Gasteiger partial charge in [0.2, 0.25) is 0 Å². The van der Waals surface area contributed by atoms with Crippen LogP contribution in [0.4, 0.5) is 11.4 Å². The minimum absolute atomic E-state index is 0.0388. The average Bonchev–Trinajstić information content (AvgIpc) is 2.57. The van der Waals surface area contributed by atoms with Gasteiger partial charge in [-0.3, -0.25) is 14.9 Å². The van der Waals surface area contributed by atoms with Gasteiger partial charge in [-0.25, -0.2) is 0 Å². The second-order valence-corrected chi connectivity index (χ2v) is 5.60. The first-order valence-electron chi connectivity index (χ1n) is 7.11. The molecule has 0 bridgehead atoms. The molecule has 3 rings (SSSR count). The summed E-state index contributed by atoms with van der Waals surface area (Å²) in [7, 11) is 0. The lowest BCUT2D eigenvalue weighted by atomic mass is 10.1. The molecule has 0 spiro atoms. The molecule has 0 aliphatic carbocycles. The van der Waals surface area contributed by atoms with E-state index >= 15 is 0 Å². The summed E-state index contributed by atoms with van der Waals surface area (Å²) < 4.78 is 10.9. The zero-order chi connectivity index (χ0) is 17.3. The number of hydrogen-bond acceptors (Lipinski definition) is 5. The summed E-state index contributed by atoms with van der Waals surface area (Å²) in [6, 6.07) is 7.56. The third kappa shape index (κ3) is 3.11. The van der Waals surface area contributed by atoms with Gasteiger partial charge in [0.05, 0.1) is 4.92 Å². The molecule has 0 unspecified atom stereocenters. The molecule has 0 saturated carbocycles. The van der Waals surface area contributed by atoms with Gasteiger partial charge in [-0.1, -0.05) is 11.6 Å². The van der Waals surface area contributed by atoms with Gasteiger partial charge in [-0.05, 0) is 36.8 Å². The normalized spacial score (nSPS) is 12.6. The standard InChI is InChI=1S/C16H13ClN2O5/c1-9-6-13(19(21)22)11(17)8-12(9)18-16(20)10-2-3-14-15(7-10)24-5-4-23-14/h2-3,6-8H,4-5H2,1H3,(H,18,20). The summed E-state index contributed by atoms with van der Waals surface area (Å²) in [6.07, 6.45) is 0. The number of fused-ring (bicyclic) bond motifs is 1. The van der Waals surface area contributed by atoms with E-state index in [1.54, 1.807) is 25.1 Å². The van der Waals surface area contributed by atoms with E-state index < -0.39 is 4.92 Å². The van der Waals surface area contributed by atoms with Crippen molar-refractivity contribution in [1.82, 2.24) is 0 Å². The zero-order valence-corrected chi connectivity index (χ0v) is 13.4. The molecule has 0 radical (unpaired) electrons. The van der Waals surface area contributed by atoms with Gasteiger partial charge < -0.3 is 14.8 Å². The molecular weight excluding hydrogens is 336 g/mol. The number of nitrogens with one attached hydrogen (secondary N) is 1. The molecule has 2 aromatic rings. The van der Waals surface area contributed by atoms with Crippen molar-refractivity contribution < 1.29 is 19.2 Å². The number of carbonyl (C=O) groups is 1. The lowest BCUT2D eigenvalue weighted by molar-refractivity contribution is -0.384. The van der Waals surface area contributed by atoms with E-state index in [-0.39, 0.29) is 16.6 Å². The number of nitro benzene ring substituents is 1. The minimum atomic E-state index is -0.568. The van der Waals surface area contributed by atoms with Crippen LogP contribution in [0.5, 0.6) is 11.5 Å². The molecule has 0 saturated heterocycles. The van der Waals surface area contributed by atoms with E-state index in [1.165, 1.54) is 12.1 Å². The summed E-state index contributed by atoms with van der Waals surface area (Å²) in [5.41, 5.74) is 1.13. The van der Waals surface area contributed by atoms with Gasteiger partial charge >= 0.3 is 0 Å². The third-order valence-electron chi connectivity index (χ3n) is 3.54. The van der Waals surface area contributed by atoms with Crippen LogP contribution in [0, 0.1) is 17.0 Å². The van der Waals surface area contributed by atoms with E-state index in [1.807, 2.05) is 0 Å². The molecule has 0 aromatic heterocycles. The minimum Gasteiger partial charge on any atom is -0.486 e. The van der Waals surface area contributed by atoms with Gasteiger partial charge in [0.15, 0.2) is 11.5 Å². The molecular formula is C16H13ClN2O5. The molecule has 7 nitrogen and oxygen atoms in total. The third-order valence-corrected chi connectivity index (χ3v) is 3.85. The highest BCUT2D eigenvalue weighted by Crippen LogP contribution is 2.33. The second-order valence-electron chi connectivity index (χ2n) is 5.19. The Kier molecular flexibility index (Phi) is 4.26. The number of halogens is 1. The highest BCUT2D eigenvalue weighted by molar-refractivity contribution is 6.33. The summed E-state index contributed by atoms with van der Waals surface area (Å²) in [5.74, 6) is 0.722. The van der Waals surface area contributed by atoms with Crippen LogP contribution in [0.3, 0.4) is 0 Å². The van der Waals surface area contributed by atoms with Crippen molar-refractivity contribution in [3.63, 3.8) is 0 Å². The first kappa shape index (κ1) is 16.1. The summed E-state index contributed by atoms with van der Waals surface area (Å²) in [6.45, 7) is 2.55. The van der Waals surface area contributed by atoms with Crippen molar-refractivity contribution in [2.45, 2.75) is 6.92 Å². The van der Waals surface area contributed by atoms with Crippen molar-refractivity contribution in [1.29, 1.82) is 0 Å². The van der Waals surface area contributed by atoms with Crippen molar-refractivity contribution in [2.24, 2.45) is 0 Å². The fraction of sp³-hybridized carbons (Fsp3) is 0.188. The molecule has 0 atom stereocenters. The van der Waals surface area contributed by atoms with Gasteiger partial charge in [-0.2, -0.15) is 0 Å². The van der Waals surface area contributed by atoms with Gasteiger partial charge in [0.25, 0.3) is 11.6 Å². The molecule has 1 N–H and O–H groups in total. The molecule has 24 heavy (non-hydrogen) atoms. The van der Waals surface area contributed by atoms with E-state index in [9.17, 15) is 14.9 Å². The Bertz CT molecular complexity index is 837. The van der Waals surface area contributed by atoms with E-state index in [0.717, 1.165) is 0 Å². The number of carbonyl (C=O) groups excluding carboxylic acids is 1. The summed E-state index contributed by atoms with van der Waals surface area (Å²) in [5, 5.41) is 13.5. The van der Waals surface area contributed by atoms with Crippen molar-refractivity contribution in [2.75, 3.05) is 18.5 Å². The number of rotatable bonds is 3. The zero-order valence-electron chi connectivity index (χ0n) is 12.7. The number of aryl methyl sites for hydroxylation is 1. The number of anilines is 1. The van der Waals surface area contributed by atoms with Gasteiger partial charge in [-0.15, -0.1) is 0 Å². The van der Waals surface area contributed by atoms with Crippen LogP contribution in [0.15, 0.2) is 30.3 Å². The topological polar surface area (TPSA) is 90.7 Å². The quantitative estimate of drug-likeness (QED) is 0.676. The van der Waals surface area contributed by atoms with E-state index in [2.05, 4.69) is 5.32 Å². The lowest BCUT2D eigenvalue weighted by Gasteiger charge is -2.18. The molecule has 1 heterocycles. The first-order valence-corrected chi connectivity index (χ1v) is 7.49. The Labute approximate surface area is 142 Å². The number of hydrogen-bond donors (Lipinski definition) is 1. The van der Waals surface area contributed by atoms with Gasteiger partial charge in [0.1, 0.15) is 18.2 Å². The van der Waals surface area contributed by atoms with Crippen molar-refractivity contribution >= 4 is 28.9 Å². The smallest absolute Gasteiger partial charge is 0.288 e. The maximum atomic E-state index is 12.4. The molecule has 8 heteroatoms. The summed E-state index contributed by atoms with van der Waals surface area (Å²) >= 11 is 5.89. The number of nitro groups is 1. The molecule has 2 aromatic carbocycles. The van der Waals surface area contributed by atoms with Crippen molar-refractivity contribution in [3.8, 4) is 11.5 Å². The average molecular weight is 349 g/mol. The largest absolute Gasteiger partial charge is 0.486 e. The number of amides is 1. The van der Waals surface area contributed by atoms with Crippen LogP contribution in [0.25, 0.3) is 0 Å². The fourth-order valence-corrected chi connectivity index (χ4v) is 2.55. The van der Waals surface area contributed by atoms with Crippen molar-refractivity contribution in [3.05, 3.63) is 56.6 Å². The fourth-order valence-electron chi connectivity index (χ4n) is 2.32. The predicted molar refractivity (Wildman–Crippen MR) is 88.2 cm³/mol. The number of nitrogens with zero attached hydrogens (tertiary/aromatic N) is 1. The second kappa shape index (κ2) is 6.37. The van der Waals surface area contributed by atoms with E-state index in [0.29, 0.717) is 41.5 Å². The molecule has 1 aliphatic rings. The molecule has 1 aliphatic heterocycles. The molecule has 1 amide bonds. The first-order chi connectivity index (χ1) is 11.5. The van der Waals surface area contributed by atoms with Crippen LogP contribution in [0.1, 0.15) is 15.9 Å². The summed E-state index contributed by atoms with van der Waals surface area (Å²) in [4.78, 5) is 22.7. The van der Waals surface area contributed by atoms with Crippen LogP contribution in [-0.2, 0) is 0 Å². The van der Waals surface area contributed by atoms with Crippen LogP contribution >= 0.6 is 11.6 Å². The molecule has 124 valence electrons. The SMILES string of the molecule is Cc1cc([N+](=O)[O-])c(Cl)cc1NC(=O)c1ccc2c(c1)OCCO2. The lowest BCUT2D eigenvalue weighted by Crippen LogP contribution is -2.17. The van der Waals surface area contributed by atoms with Gasteiger partial charge in [0, 0.05) is 17.3 Å². The maximum Gasteiger partial charge on any atom is 0.288 e. The predicted octanol–water partition coefficient (Wildman–Crippen LogP) is 3.58. The molecule has 0 fully saturated rings. The monoisotopic (exact) mass is 348 g/mol. The Hall–Kier alpha value is -2.80. The van der Waals surface area contributed by atoms with Crippen LogP contribution in [0.2, 0.25) is 5.02 Å². The number of benzene rings is 2.